The minimum absolute atomic E-state index is 0.0509. The highest BCUT2D eigenvalue weighted by molar-refractivity contribution is 6.25. The summed E-state index contributed by atoms with van der Waals surface area (Å²) in [4.78, 5) is 25.5. The van der Waals surface area contributed by atoms with Gasteiger partial charge >= 0.3 is 0 Å². The van der Waals surface area contributed by atoms with E-state index >= 15 is 0 Å². The molecule has 4 nitrogen and oxygen atoms in total. The summed E-state index contributed by atoms with van der Waals surface area (Å²) in [6.45, 7) is 6.15. The van der Waals surface area contributed by atoms with Gasteiger partial charge in [-0.25, -0.2) is 0 Å². The lowest BCUT2D eigenvalue weighted by Gasteiger charge is -2.38. The van der Waals surface area contributed by atoms with E-state index in [2.05, 4.69) is 5.32 Å². The maximum Gasteiger partial charge on any atom is 0.245 e. The Hall–Kier alpha value is -1.03. The third-order valence-electron chi connectivity index (χ3n) is 2.78. The largest absolute Gasteiger partial charge is 0.343 e. The maximum atomic E-state index is 12.0. The molecule has 5 heteroatoms. The van der Waals surface area contributed by atoms with Crippen molar-refractivity contribution in [1.82, 2.24) is 10.2 Å². The van der Waals surface area contributed by atoms with Crippen LogP contribution in [0.25, 0.3) is 0 Å². The Labute approximate surface area is 107 Å². The van der Waals surface area contributed by atoms with Crippen molar-refractivity contribution < 1.29 is 9.59 Å². The van der Waals surface area contributed by atoms with Gasteiger partial charge in [-0.2, -0.15) is 0 Å². The number of rotatable bonds is 4. The van der Waals surface area contributed by atoms with Crippen LogP contribution in [0, 0.1) is 5.92 Å². The highest BCUT2D eigenvalue weighted by atomic mass is 35.5. The van der Waals surface area contributed by atoms with Crippen LogP contribution in [-0.2, 0) is 9.59 Å². The molecule has 2 atom stereocenters. The van der Waals surface area contributed by atoms with Crippen LogP contribution in [0.15, 0.2) is 11.6 Å². The predicted molar refractivity (Wildman–Crippen MR) is 67.6 cm³/mol. The Balaban J connectivity index is 2.86. The molecular weight excluding hydrogens is 240 g/mol. The molecule has 1 heterocycles. The predicted octanol–water partition coefficient (Wildman–Crippen LogP) is 1.50. The van der Waals surface area contributed by atoms with Crippen LogP contribution in [-0.4, -0.2) is 35.3 Å². The number of amides is 2. The fourth-order valence-electron chi connectivity index (χ4n) is 1.97. The fourth-order valence-corrected chi connectivity index (χ4v) is 2.05. The molecule has 2 amide bonds. The number of halogens is 1. The van der Waals surface area contributed by atoms with Gasteiger partial charge in [0.2, 0.25) is 11.8 Å². The number of piperazine rings is 1. The van der Waals surface area contributed by atoms with E-state index in [1.807, 2.05) is 13.8 Å². The first kappa shape index (κ1) is 14.0. The standard InChI is InChI=1S/C12H19ClN2O2/c1-8(2)7-10-11(16)14-9(3)12(17)15(10)6-4-5-13/h4-5,8-10H,6-7H2,1-3H3,(H,14,16)/b5-4+. The average molecular weight is 259 g/mol. The van der Waals surface area contributed by atoms with Gasteiger partial charge in [0, 0.05) is 12.1 Å². The molecule has 1 N–H and O–H groups in total. The third-order valence-corrected chi connectivity index (χ3v) is 2.96. The Morgan fingerprint density at radius 3 is 2.65 bits per heavy atom. The van der Waals surface area contributed by atoms with E-state index in [-0.39, 0.29) is 17.9 Å². The molecule has 0 spiro atoms. The number of carbonyl (C=O) groups excluding carboxylic acids is 2. The lowest BCUT2D eigenvalue weighted by atomic mass is 9.98. The zero-order valence-corrected chi connectivity index (χ0v) is 11.2. The summed E-state index contributed by atoms with van der Waals surface area (Å²) in [7, 11) is 0. The second-order valence-corrected chi connectivity index (χ2v) is 4.98. The van der Waals surface area contributed by atoms with E-state index < -0.39 is 6.04 Å². The maximum absolute atomic E-state index is 12.0. The molecule has 1 aliphatic rings. The van der Waals surface area contributed by atoms with Gasteiger partial charge in [0.15, 0.2) is 0 Å². The molecule has 1 fully saturated rings. The first-order valence-corrected chi connectivity index (χ1v) is 6.27. The van der Waals surface area contributed by atoms with Crippen LogP contribution >= 0.6 is 11.6 Å². The second-order valence-electron chi connectivity index (χ2n) is 4.73. The first-order valence-electron chi connectivity index (χ1n) is 5.83. The van der Waals surface area contributed by atoms with E-state index in [0.717, 1.165) is 0 Å². The van der Waals surface area contributed by atoms with Gasteiger partial charge in [-0.05, 0) is 19.3 Å². The normalized spacial score (nSPS) is 25.8. The smallest absolute Gasteiger partial charge is 0.245 e. The molecule has 0 saturated carbocycles. The van der Waals surface area contributed by atoms with Crippen molar-refractivity contribution in [2.75, 3.05) is 6.54 Å². The molecule has 0 aromatic carbocycles. The second kappa shape index (κ2) is 6.05. The quantitative estimate of drug-likeness (QED) is 0.831. The molecule has 1 rings (SSSR count). The molecule has 2 unspecified atom stereocenters. The van der Waals surface area contributed by atoms with Crippen molar-refractivity contribution in [3.63, 3.8) is 0 Å². The summed E-state index contributed by atoms with van der Waals surface area (Å²) in [5, 5.41) is 2.70. The summed E-state index contributed by atoms with van der Waals surface area (Å²) in [6.07, 6.45) is 2.35. The molecule has 1 saturated heterocycles. The molecule has 0 radical (unpaired) electrons. The van der Waals surface area contributed by atoms with Crippen LogP contribution in [0.4, 0.5) is 0 Å². The summed E-state index contributed by atoms with van der Waals surface area (Å²) < 4.78 is 0. The number of carbonyl (C=O) groups is 2. The zero-order valence-electron chi connectivity index (χ0n) is 10.4. The minimum Gasteiger partial charge on any atom is -0.343 e. The van der Waals surface area contributed by atoms with Gasteiger partial charge in [-0.1, -0.05) is 31.5 Å². The summed E-state index contributed by atoms with van der Waals surface area (Å²) in [5.74, 6) is 0.230. The summed E-state index contributed by atoms with van der Waals surface area (Å²) in [5.41, 5.74) is 1.37. The van der Waals surface area contributed by atoms with Gasteiger partial charge in [-0.3, -0.25) is 9.59 Å². The van der Waals surface area contributed by atoms with Gasteiger partial charge in [-0.15, -0.1) is 0 Å². The highest BCUT2D eigenvalue weighted by Gasteiger charge is 2.37. The third kappa shape index (κ3) is 3.46. The molecule has 0 aromatic heterocycles. The lowest BCUT2D eigenvalue weighted by Crippen LogP contribution is -2.62. The monoisotopic (exact) mass is 258 g/mol. The number of hydrogen-bond acceptors (Lipinski definition) is 2. The molecular formula is C12H19ClN2O2. The van der Waals surface area contributed by atoms with E-state index in [0.29, 0.717) is 18.9 Å². The number of hydrogen-bond donors (Lipinski definition) is 1. The highest BCUT2D eigenvalue weighted by Crippen LogP contribution is 2.17. The van der Waals surface area contributed by atoms with Crippen LogP contribution < -0.4 is 5.32 Å². The van der Waals surface area contributed by atoms with Crippen LogP contribution in [0.2, 0.25) is 0 Å². The van der Waals surface area contributed by atoms with E-state index in [1.54, 1.807) is 17.9 Å². The molecule has 1 aliphatic heterocycles. The van der Waals surface area contributed by atoms with E-state index in [1.165, 1.54) is 5.54 Å². The van der Waals surface area contributed by atoms with Gasteiger partial charge in [0.05, 0.1) is 0 Å². The Morgan fingerprint density at radius 2 is 2.12 bits per heavy atom. The molecule has 0 bridgehead atoms. The van der Waals surface area contributed by atoms with Crippen molar-refractivity contribution >= 4 is 23.4 Å². The van der Waals surface area contributed by atoms with Gasteiger partial charge in [0.1, 0.15) is 12.1 Å². The zero-order chi connectivity index (χ0) is 13.0. The first-order chi connectivity index (χ1) is 7.97. The van der Waals surface area contributed by atoms with Gasteiger partial charge in [0.25, 0.3) is 0 Å². The topological polar surface area (TPSA) is 49.4 Å². The van der Waals surface area contributed by atoms with Crippen molar-refractivity contribution in [2.45, 2.75) is 39.3 Å². The molecule has 96 valence electrons. The number of nitrogens with one attached hydrogen (secondary N) is 1. The number of nitrogens with zero attached hydrogens (tertiary/aromatic N) is 1. The van der Waals surface area contributed by atoms with E-state index in [9.17, 15) is 9.59 Å². The minimum atomic E-state index is -0.449. The van der Waals surface area contributed by atoms with Crippen molar-refractivity contribution in [3.8, 4) is 0 Å². The SMILES string of the molecule is CC(C)CC1C(=O)NC(C)C(=O)N1C/C=C/Cl. The van der Waals surface area contributed by atoms with Crippen molar-refractivity contribution in [1.29, 1.82) is 0 Å². The van der Waals surface area contributed by atoms with Gasteiger partial charge < -0.3 is 10.2 Å². The van der Waals surface area contributed by atoms with Crippen molar-refractivity contribution in [3.05, 3.63) is 11.6 Å². The molecule has 0 aliphatic carbocycles. The van der Waals surface area contributed by atoms with Crippen LogP contribution in [0.3, 0.4) is 0 Å². The molecule has 17 heavy (non-hydrogen) atoms. The Bertz CT molecular complexity index is 328. The summed E-state index contributed by atoms with van der Waals surface area (Å²) >= 11 is 5.48. The molecule has 0 aromatic rings. The van der Waals surface area contributed by atoms with E-state index in [4.69, 9.17) is 11.6 Å². The Morgan fingerprint density at radius 1 is 1.47 bits per heavy atom. The lowest BCUT2D eigenvalue weighted by molar-refractivity contribution is -0.148. The van der Waals surface area contributed by atoms with Crippen LogP contribution in [0.1, 0.15) is 27.2 Å². The fraction of sp³-hybridized carbons (Fsp3) is 0.667. The van der Waals surface area contributed by atoms with Crippen LogP contribution in [0.5, 0.6) is 0 Å². The van der Waals surface area contributed by atoms with Crippen molar-refractivity contribution in [2.24, 2.45) is 5.92 Å². The average Bonchev–Trinajstić information content (AvgIpc) is 2.25. The summed E-state index contributed by atoms with van der Waals surface area (Å²) in [6, 6.07) is -0.832. The Kier molecular flexibility index (Phi) is 5.00.